The summed E-state index contributed by atoms with van der Waals surface area (Å²) >= 11 is 0. The quantitative estimate of drug-likeness (QED) is 0.579. The molecule has 0 nitrogen and oxygen atoms in total. The van der Waals surface area contributed by atoms with Crippen molar-refractivity contribution in [1.29, 1.82) is 0 Å². The molecule has 0 aliphatic carbocycles. The summed E-state index contributed by atoms with van der Waals surface area (Å²) in [6.45, 7) is 2.41. The Kier molecular flexibility index (Phi) is 5.98. The minimum Gasteiger partial charge on any atom is -0.0781 e. The lowest BCUT2D eigenvalue weighted by atomic mass is 10.4. The molecule has 2 heteroatoms. The van der Waals surface area contributed by atoms with Crippen LogP contribution in [0.1, 0.15) is 0 Å². The van der Waals surface area contributed by atoms with E-state index in [1.165, 1.54) is 28.2 Å². The molecule has 0 bridgehead atoms. The van der Waals surface area contributed by atoms with Crippen molar-refractivity contribution in [3.8, 4) is 0 Å². The van der Waals surface area contributed by atoms with Crippen LogP contribution in [0.5, 0.6) is 0 Å². The molecule has 1 atom stereocenters. The smallest absolute Gasteiger partial charge is 0.0195 e. The van der Waals surface area contributed by atoms with Gasteiger partial charge in [0.05, 0.1) is 0 Å². The molecule has 0 saturated carbocycles. The van der Waals surface area contributed by atoms with Gasteiger partial charge in [-0.1, -0.05) is 98.9 Å². The van der Waals surface area contributed by atoms with E-state index >= 15 is 0 Å². The predicted octanol–water partition coefficient (Wildman–Crippen LogP) is 4.56. The first-order valence-corrected chi connectivity index (χ1v) is 11.5. The Morgan fingerprint density at radius 3 is 1.35 bits per heavy atom. The van der Waals surface area contributed by atoms with E-state index in [1.54, 1.807) is 0 Å². The Bertz CT molecular complexity index is 656. The van der Waals surface area contributed by atoms with Crippen LogP contribution in [-0.2, 0) is 0 Å². The normalized spacial score (nSPS) is 12.3. The van der Waals surface area contributed by atoms with E-state index in [0.29, 0.717) is 0 Å². The highest BCUT2D eigenvalue weighted by molar-refractivity contribution is 7.74. The van der Waals surface area contributed by atoms with E-state index in [1.807, 2.05) is 0 Å². The van der Waals surface area contributed by atoms with Gasteiger partial charge in [-0.2, -0.15) is 0 Å². The summed E-state index contributed by atoms with van der Waals surface area (Å²) < 4.78 is 0. The van der Waals surface area contributed by atoms with Crippen molar-refractivity contribution in [3.63, 3.8) is 0 Å². The predicted molar refractivity (Wildman–Crippen MR) is 108 cm³/mol. The maximum absolute atomic E-state index is 2.41. The maximum Gasteiger partial charge on any atom is -0.0195 e. The molecule has 0 N–H and O–H groups in total. The van der Waals surface area contributed by atoms with Gasteiger partial charge in [0.2, 0.25) is 0 Å². The largest absolute Gasteiger partial charge is 0.0781 e. The third-order valence-corrected chi connectivity index (χ3v) is 8.93. The van der Waals surface area contributed by atoms with Gasteiger partial charge in [-0.15, -0.1) is 0 Å². The molecule has 1 unspecified atom stereocenters. The molecular weight excluding hydrogens is 314 g/mol. The van der Waals surface area contributed by atoms with Crippen LogP contribution in [0.15, 0.2) is 91.0 Å². The van der Waals surface area contributed by atoms with Crippen LogP contribution in [0.4, 0.5) is 0 Å². The summed E-state index contributed by atoms with van der Waals surface area (Å²) in [5.41, 5.74) is 0. The molecule has 0 fully saturated rings. The van der Waals surface area contributed by atoms with Gasteiger partial charge in [0.1, 0.15) is 0 Å². The van der Waals surface area contributed by atoms with Gasteiger partial charge in [-0.3, -0.25) is 0 Å². The minimum absolute atomic E-state index is 0.0727. The second-order valence-electron chi connectivity index (χ2n) is 5.58. The zero-order valence-electron chi connectivity index (χ0n) is 13.5. The average Bonchev–Trinajstić information content (AvgIpc) is 2.64. The highest BCUT2D eigenvalue weighted by Gasteiger charge is 2.15. The molecule has 0 radical (unpaired) electrons. The number of benzene rings is 3. The summed E-state index contributed by atoms with van der Waals surface area (Å²) in [6.07, 6.45) is 2.55. The molecule has 3 rings (SSSR count). The number of hydrogen-bond donors (Lipinski definition) is 0. The molecule has 0 spiro atoms. The maximum atomic E-state index is 2.41. The van der Waals surface area contributed by atoms with Gasteiger partial charge in [0, 0.05) is 0 Å². The average molecular weight is 336 g/mol. The van der Waals surface area contributed by atoms with E-state index in [-0.39, 0.29) is 15.8 Å². The van der Waals surface area contributed by atoms with Crippen LogP contribution in [0.2, 0.25) is 0 Å². The Balaban J connectivity index is 1.77. The van der Waals surface area contributed by atoms with Crippen molar-refractivity contribution in [1.82, 2.24) is 0 Å². The molecule has 116 valence electrons. The zero-order chi connectivity index (χ0) is 15.9. The third-order valence-electron chi connectivity index (χ3n) is 3.99. The first-order chi connectivity index (χ1) is 11.3. The number of rotatable bonds is 6. The van der Waals surface area contributed by atoms with Gasteiger partial charge in [0.15, 0.2) is 0 Å². The second kappa shape index (κ2) is 8.39. The molecule has 0 amide bonds. The first-order valence-electron chi connectivity index (χ1n) is 7.98. The monoisotopic (exact) mass is 336 g/mol. The van der Waals surface area contributed by atoms with Crippen molar-refractivity contribution in [2.75, 3.05) is 19.0 Å². The van der Waals surface area contributed by atoms with E-state index in [9.17, 15) is 0 Å². The van der Waals surface area contributed by atoms with Crippen molar-refractivity contribution in [2.45, 2.75) is 0 Å². The summed E-state index contributed by atoms with van der Waals surface area (Å²) in [6, 6.07) is 33.0. The van der Waals surface area contributed by atoms with Gasteiger partial charge in [-0.25, -0.2) is 0 Å². The molecule has 0 saturated heterocycles. The Labute approximate surface area is 142 Å². The van der Waals surface area contributed by atoms with Crippen LogP contribution in [0.3, 0.4) is 0 Å². The molecule has 0 aromatic heterocycles. The fourth-order valence-corrected chi connectivity index (χ4v) is 7.50. The molecule has 0 aliphatic heterocycles. The summed E-state index contributed by atoms with van der Waals surface area (Å²) in [5, 5.41) is 4.49. The van der Waals surface area contributed by atoms with Crippen LogP contribution in [0.25, 0.3) is 0 Å². The van der Waals surface area contributed by atoms with E-state index in [4.69, 9.17) is 0 Å². The van der Waals surface area contributed by atoms with Crippen LogP contribution < -0.4 is 15.9 Å². The Morgan fingerprint density at radius 2 is 0.913 bits per heavy atom. The topological polar surface area (TPSA) is 0 Å². The molecule has 23 heavy (non-hydrogen) atoms. The highest BCUT2D eigenvalue weighted by atomic mass is 31.1. The first kappa shape index (κ1) is 16.4. The fraction of sp³-hybridized carbons (Fsp3) is 0.143. The lowest BCUT2D eigenvalue weighted by molar-refractivity contribution is 1.50. The zero-order valence-corrected chi connectivity index (χ0v) is 15.3. The van der Waals surface area contributed by atoms with E-state index in [0.717, 1.165) is 0 Å². The second-order valence-corrected chi connectivity index (χ2v) is 10.3. The number of hydrogen-bond acceptors (Lipinski definition) is 0. The highest BCUT2D eigenvalue weighted by Crippen LogP contribution is 2.39. The van der Waals surface area contributed by atoms with Crippen molar-refractivity contribution < 1.29 is 0 Å². The van der Waals surface area contributed by atoms with Crippen LogP contribution in [0, 0.1) is 0 Å². The van der Waals surface area contributed by atoms with Crippen molar-refractivity contribution in [2.24, 2.45) is 0 Å². The lowest BCUT2D eigenvalue weighted by Gasteiger charge is -2.21. The van der Waals surface area contributed by atoms with Crippen molar-refractivity contribution >= 4 is 31.8 Å². The van der Waals surface area contributed by atoms with E-state index in [2.05, 4.69) is 97.7 Å². The minimum atomic E-state index is -0.258. The molecule has 3 aromatic carbocycles. The molecule has 3 aromatic rings. The Hall–Kier alpha value is -1.48. The standard InChI is InChI=1S/C21H22P2/c1-22(19-11-5-2-6-12-19)17-18-23(20-13-7-3-8-14-20)21-15-9-4-10-16-21/h2-16H,17-18H2,1H3. The van der Waals surface area contributed by atoms with Crippen molar-refractivity contribution in [3.05, 3.63) is 91.0 Å². The summed E-state index contributed by atoms with van der Waals surface area (Å²) in [4.78, 5) is 0. The summed E-state index contributed by atoms with van der Waals surface area (Å²) in [7, 11) is -0.330. The summed E-state index contributed by atoms with van der Waals surface area (Å²) in [5.74, 6) is 0. The van der Waals surface area contributed by atoms with Gasteiger partial charge in [-0.05, 0) is 42.8 Å². The Morgan fingerprint density at radius 1 is 0.522 bits per heavy atom. The molecular formula is C21H22P2. The SMILES string of the molecule is CP(CCP(c1ccccc1)c1ccccc1)c1ccccc1. The molecule has 0 aliphatic rings. The molecule has 0 heterocycles. The van der Waals surface area contributed by atoms with Crippen LogP contribution >= 0.6 is 15.8 Å². The van der Waals surface area contributed by atoms with Gasteiger partial charge in [0.25, 0.3) is 0 Å². The van der Waals surface area contributed by atoms with Gasteiger partial charge < -0.3 is 0 Å². The van der Waals surface area contributed by atoms with E-state index < -0.39 is 0 Å². The lowest BCUT2D eigenvalue weighted by Crippen LogP contribution is -2.16. The van der Waals surface area contributed by atoms with Gasteiger partial charge >= 0.3 is 0 Å². The van der Waals surface area contributed by atoms with Crippen LogP contribution in [-0.4, -0.2) is 19.0 Å². The third kappa shape index (κ3) is 4.51. The fourth-order valence-electron chi connectivity index (χ4n) is 2.68.